The van der Waals surface area contributed by atoms with Crippen LogP contribution in [-0.4, -0.2) is 17.1 Å². The standard InChI is InChI=1S/C18H16ClFN4O/c1-25-16-7-6-14(10-15(16)19)23-17-8-9-21-18(24-17)22-11-12-2-4-13(20)5-3-12/h2-10H,11H2,1H3,(H2,21,22,23,24). The average Bonchev–Trinajstić information content (AvgIpc) is 2.62. The van der Waals surface area contributed by atoms with Crippen LogP contribution < -0.4 is 15.4 Å². The summed E-state index contributed by atoms with van der Waals surface area (Å²) in [6.07, 6.45) is 1.65. The first kappa shape index (κ1) is 17.0. The molecule has 0 atom stereocenters. The number of rotatable bonds is 6. The Labute approximate surface area is 149 Å². The zero-order chi connectivity index (χ0) is 17.6. The highest BCUT2D eigenvalue weighted by molar-refractivity contribution is 6.32. The Morgan fingerprint density at radius 1 is 1.12 bits per heavy atom. The van der Waals surface area contributed by atoms with Gasteiger partial charge in [-0.2, -0.15) is 4.98 Å². The SMILES string of the molecule is COc1ccc(Nc2ccnc(NCc3ccc(F)cc3)n2)cc1Cl. The van der Waals surface area contributed by atoms with Crippen LogP contribution in [0.4, 0.5) is 21.8 Å². The van der Waals surface area contributed by atoms with Gasteiger partial charge in [0.05, 0.1) is 12.1 Å². The molecule has 0 aliphatic carbocycles. The van der Waals surface area contributed by atoms with Gasteiger partial charge in [0, 0.05) is 18.4 Å². The van der Waals surface area contributed by atoms with Gasteiger partial charge in [0.2, 0.25) is 5.95 Å². The van der Waals surface area contributed by atoms with Crippen LogP contribution in [0.15, 0.2) is 54.7 Å². The van der Waals surface area contributed by atoms with Crippen molar-refractivity contribution in [1.29, 1.82) is 0 Å². The van der Waals surface area contributed by atoms with Gasteiger partial charge in [-0.1, -0.05) is 23.7 Å². The first-order valence-electron chi connectivity index (χ1n) is 7.56. The second kappa shape index (κ2) is 7.81. The number of ether oxygens (including phenoxy) is 1. The second-order valence-corrected chi connectivity index (χ2v) is 5.63. The summed E-state index contributed by atoms with van der Waals surface area (Å²) in [4.78, 5) is 8.57. The molecule has 128 valence electrons. The van der Waals surface area contributed by atoms with E-state index in [2.05, 4.69) is 20.6 Å². The lowest BCUT2D eigenvalue weighted by Crippen LogP contribution is -2.05. The van der Waals surface area contributed by atoms with Crippen LogP contribution in [0.2, 0.25) is 5.02 Å². The van der Waals surface area contributed by atoms with Crippen molar-refractivity contribution in [2.75, 3.05) is 17.7 Å². The Hall–Kier alpha value is -2.86. The van der Waals surface area contributed by atoms with E-state index in [1.807, 2.05) is 6.07 Å². The molecular formula is C18H16ClFN4O. The van der Waals surface area contributed by atoms with Crippen molar-refractivity contribution in [3.63, 3.8) is 0 Å². The zero-order valence-electron chi connectivity index (χ0n) is 13.5. The quantitative estimate of drug-likeness (QED) is 0.672. The highest BCUT2D eigenvalue weighted by Crippen LogP contribution is 2.28. The lowest BCUT2D eigenvalue weighted by Gasteiger charge is -2.10. The number of halogens is 2. The fourth-order valence-electron chi connectivity index (χ4n) is 2.19. The maximum Gasteiger partial charge on any atom is 0.224 e. The minimum atomic E-state index is -0.260. The van der Waals surface area contributed by atoms with Gasteiger partial charge in [-0.15, -0.1) is 0 Å². The summed E-state index contributed by atoms with van der Waals surface area (Å²) >= 11 is 6.12. The molecular weight excluding hydrogens is 343 g/mol. The normalized spacial score (nSPS) is 10.4. The van der Waals surface area contributed by atoms with Crippen molar-refractivity contribution >= 4 is 29.1 Å². The van der Waals surface area contributed by atoms with E-state index < -0.39 is 0 Å². The molecule has 1 heterocycles. The maximum absolute atomic E-state index is 12.9. The van der Waals surface area contributed by atoms with Crippen LogP contribution >= 0.6 is 11.6 Å². The van der Waals surface area contributed by atoms with Gasteiger partial charge < -0.3 is 15.4 Å². The molecule has 0 unspecified atom stereocenters. The summed E-state index contributed by atoms with van der Waals surface area (Å²) < 4.78 is 18.0. The molecule has 5 nitrogen and oxygen atoms in total. The molecule has 3 rings (SSSR count). The molecule has 0 radical (unpaired) electrons. The van der Waals surface area contributed by atoms with Crippen LogP contribution in [0.3, 0.4) is 0 Å². The molecule has 0 saturated carbocycles. The van der Waals surface area contributed by atoms with Gasteiger partial charge in [-0.25, -0.2) is 9.37 Å². The first-order chi connectivity index (χ1) is 12.1. The third-order valence-corrected chi connectivity index (χ3v) is 3.74. The molecule has 3 aromatic rings. The molecule has 0 saturated heterocycles. The summed E-state index contributed by atoms with van der Waals surface area (Å²) in [5.41, 5.74) is 1.72. The topological polar surface area (TPSA) is 59.1 Å². The Balaban J connectivity index is 1.66. The Morgan fingerprint density at radius 2 is 1.92 bits per heavy atom. The molecule has 7 heteroatoms. The number of benzene rings is 2. The minimum absolute atomic E-state index is 0.260. The van der Waals surface area contributed by atoms with E-state index in [0.717, 1.165) is 11.3 Å². The van der Waals surface area contributed by atoms with Crippen molar-refractivity contribution in [2.45, 2.75) is 6.54 Å². The highest BCUT2D eigenvalue weighted by atomic mass is 35.5. The largest absolute Gasteiger partial charge is 0.495 e. The number of anilines is 3. The molecule has 0 amide bonds. The van der Waals surface area contributed by atoms with Gasteiger partial charge >= 0.3 is 0 Å². The molecule has 25 heavy (non-hydrogen) atoms. The van der Waals surface area contributed by atoms with Crippen LogP contribution in [-0.2, 0) is 6.54 Å². The predicted molar refractivity (Wildman–Crippen MR) is 97.0 cm³/mol. The van der Waals surface area contributed by atoms with Crippen molar-refractivity contribution in [1.82, 2.24) is 9.97 Å². The summed E-state index contributed by atoms with van der Waals surface area (Å²) in [6.45, 7) is 0.498. The first-order valence-corrected chi connectivity index (χ1v) is 7.94. The van der Waals surface area contributed by atoms with Gasteiger partial charge in [-0.05, 0) is 42.0 Å². The number of nitrogens with one attached hydrogen (secondary N) is 2. The summed E-state index contributed by atoms with van der Waals surface area (Å²) in [5, 5.41) is 6.78. The smallest absolute Gasteiger partial charge is 0.224 e. The van der Waals surface area contributed by atoms with Gasteiger partial charge in [-0.3, -0.25) is 0 Å². The molecule has 1 aromatic heterocycles. The van der Waals surface area contributed by atoms with E-state index in [4.69, 9.17) is 16.3 Å². The highest BCUT2D eigenvalue weighted by Gasteiger charge is 2.04. The summed E-state index contributed by atoms with van der Waals surface area (Å²) in [7, 11) is 1.57. The monoisotopic (exact) mass is 358 g/mol. The molecule has 0 spiro atoms. The number of nitrogens with zero attached hydrogens (tertiary/aromatic N) is 2. The second-order valence-electron chi connectivity index (χ2n) is 5.22. The van der Waals surface area contributed by atoms with Crippen molar-refractivity contribution < 1.29 is 9.13 Å². The van der Waals surface area contributed by atoms with Crippen molar-refractivity contribution in [2.24, 2.45) is 0 Å². The maximum atomic E-state index is 12.9. The fraction of sp³-hybridized carbons (Fsp3) is 0.111. The molecule has 0 aliphatic rings. The third kappa shape index (κ3) is 4.58. The Kier molecular flexibility index (Phi) is 5.30. The van der Waals surface area contributed by atoms with Crippen LogP contribution in [0, 0.1) is 5.82 Å². The van der Waals surface area contributed by atoms with E-state index in [1.54, 1.807) is 43.6 Å². The summed E-state index contributed by atoms with van der Waals surface area (Å²) in [6, 6.07) is 13.4. The van der Waals surface area contributed by atoms with Crippen molar-refractivity contribution in [3.8, 4) is 5.75 Å². The predicted octanol–water partition coefficient (Wildman–Crippen LogP) is 4.63. The van der Waals surface area contributed by atoms with E-state index >= 15 is 0 Å². The van der Waals surface area contributed by atoms with E-state index in [1.165, 1.54) is 12.1 Å². The van der Waals surface area contributed by atoms with Gasteiger partial charge in [0.15, 0.2) is 0 Å². The van der Waals surface area contributed by atoms with Gasteiger partial charge in [0.1, 0.15) is 17.4 Å². The van der Waals surface area contributed by atoms with Gasteiger partial charge in [0.25, 0.3) is 0 Å². The number of methoxy groups -OCH3 is 1. The van der Waals surface area contributed by atoms with Crippen molar-refractivity contribution in [3.05, 3.63) is 71.1 Å². The van der Waals surface area contributed by atoms with E-state index in [0.29, 0.717) is 29.1 Å². The molecule has 0 aliphatic heterocycles. The van der Waals surface area contributed by atoms with Crippen LogP contribution in [0.1, 0.15) is 5.56 Å². The zero-order valence-corrected chi connectivity index (χ0v) is 14.2. The number of hydrogen-bond donors (Lipinski definition) is 2. The Bertz CT molecular complexity index is 858. The average molecular weight is 359 g/mol. The fourth-order valence-corrected chi connectivity index (χ4v) is 2.45. The number of aromatic nitrogens is 2. The Morgan fingerprint density at radius 3 is 2.64 bits per heavy atom. The van der Waals surface area contributed by atoms with Crippen LogP contribution in [0.5, 0.6) is 5.75 Å². The molecule has 0 bridgehead atoms. The van der Waals surface area contributed by atoms with E-state index in [9.17, 15) is 4.39 Å². The lowest BCUT2D eigenvalue weighted by molar-refractivity contribution is 0.415. The van der Waals surface area contributed by atoms with E-state index in [-0.39, 0.29) is 5.82 Å². The molecule has 0 fully saturated rings. The summed E-state index contributed by atoms with van der Waals surface area (Å²) in [5.74, 6) is 1.44. The lowest BCUT2D eigenvalue weighted by atomic mass is 10.2. The third-order valence-electron chi connectivity index (χ3n) is 3.44. The number of hydrogen-bond acceptors (Lipinski definition) is 5. The molecule has 2 N–H and O–H groups in total. The minimum Gasteiger partial charge on any atom is -0.495 e. The van der Waals surface area contributed by atoms with Crippen LogP contribution in [0.25, 0.3) is 0 Å². The molecule has 2 aromatic carbocycles.